The molecule has 0 bridgehead atoms. The topological polar surface area (TPSA) is 74.7 Å². The third-order valence-electron chi connectivity index (χ3n) is 3.36. The van der Waals surface area contributed by atoms with Gasteiger partial charge in [0.25, 0.3) is 0 Å². The maximum atomic E-state index is 7.94. The molecule has 0 amide bonds. The van der Waals surface area contributed by atoms with Crippen molar-refractivity contribution in [2.75, 3.05) is 25.6 Å². The van der Waals surface area contributed by atoms with E-state index in [1.807, 2.05) is 31.3 Å². The van der Waals surface area contributed by atoms with E-state index < -0.39 is 0 Å². The Morgan fingerprint density at radius 3 is 2.48 bits per heavy atom. The number of methoxy groups -OCH3 is 1. The number of nitrogens with zero attached hydrogens (tertiary/aromatic N) is 2. The van der Waals surface area contributed by atoms with Crippen molar-refractivity contribution >= 4 is 22.8 Å². The van der Waals surface area contributed by atoms with Crippen LogP contribution >= 0.6 is 0 Å². The van der Waals surface area contributed by atoms with Crippen LogP contribution in [0.4, 0.5) is 11.4 Å². The molecule has 0 unspecified atom stereocenters. The van der Waals surface area contributed by atoms with E-state index in [0.717, 1.165) is 17.9 Å². The van der Waals surface area contributed by atoms with Crippen molar-refractivity contribution in [1.29, 1.82) is 5.41 Å². The second-order valence-corrected chi connectivity index (χ2v) is 4.75. The Bertz CT molecular complexity index is 626. The summed E-state index contributed by atoms with van der Waals surface area (Å²) in [4.78, 5) is 6.62. The first-order chi connectivity index (χ1) is 10.0. The summed E-state index contributed by atoms with van der Waals surface area (Å²) in [7, 11) is 3.59. The van der Waals surface area contributed by atoms with Crippen LogP contribution < -0.4 is 10.6 Å². The van der Waals surface area contributed by atoms with Crippen molar-refractivity contribution in [3.8, 4) is 0 Å². The fraction of sp³-hybridized carbons (Fsp3) is 0.250. The molecule has 1 aliphatic carbocycles. The van der Waals surface area contributed by atoms with Crippen LogP contribution in [0.1, 0.15) is 6.92 Å². The second kappa shape index (κ2) is 6.26. The highest BCUT2D eigenvalue weighted by Crippen LogP contribution is 2.21. The summed E-state index contributed by atoms with van der Waals surface area (Å²) in [6, 6.07) is 7.90. The highest BCUT2D eigenvalue weighted by Gasteiger charge is 2.14. The summed E-state index contributed by atoms with van der Waals surface area (Å²) < 4.78 is 5.17. The van der Waals surface area contributed by atoms with Crippen molar-refractivity contribution in [1.82, 2.24) is 0 Å². The van der Waals surface area contributed by atoms with Crippen molar-refractivity contribution < 1.29 is 4.74 Å². The standard InChI is InChI=1S/C16H20N4O/c1-4-20(2)12-7-5-11(6-8-12)19-15-10-16(21-3)14(18)9-13(15)17/h5-10,17H,4,18H2,1-3H3. The average Bonchev–Trinajstić information content (AvgIpc) is 2.50. The first-order valence-electron chi connectivity index (χ1n) is 6.77. The molecule has 1 aromatic carbocycles. The van der Waals surface area contributed by atoms with Gasteiger partial charge in [-0.05, 0) is 37.3 Å². The molecule has 0 saturated carbocycles. The number of aliphatic imine (C=N–C) groups is 1. The van der Waals surface area contributed by atoms with Gasteiger partial charge >= 0.3 is 0 Å². The molecule has 5 nitrogen and oxygen atoms in total. The minimum absolute atomic E-state index is 0.281. The number of rotatable bonds is 4. The first kappa shape index (κ1) is 14.8. The number of hydrogen-bond donors (Lipinski definition) is 2. The lowest BCUT2D eigenvalue weighted by molar-refractivity contribution is 0.300. The highest BCUT2D eigenvalue weighted by molar-refractivity contribution is 6.50. The molecule has 0 aromatic heterocycles. The van der Waals surface area contributed by atoms with Crippen LogP contribution in [-0.4, -0.2) is 32.1 Å². The lowest BCUT2D eigenvalue weighted by atomic mass is 10.1. The van der Waals surface area contributed by atoms with Gasteiger partial charge in [-0.2, -0.15) is 0 Å². The van der Waals surface area contributed by atoms with Crippen molar-refractivity contribution in [3.05, 3.63) is 47.9 Å². The van der Waals surface area contributed by atoms with Gasteiger partial charge in [-0.1, -0.05) is 0 Å². The SMILES string of the molecule is CCN(C)c1ccc(N=C2C=C(OC)C(N)=CC2=N)cc1. The van der Waals surface area contributed by atoms with E-state index in [1.54, 1.807) is 19.3 Å². The lowest BCUT2D eigenvalue weighted by Crippen LogP contribution is -2.19. The molecule has 0 heterocycles. The predicted molar refractivity (Wildman–Crippen MR) is 87.6 cm³/mol. The van der Waals surface area contributed by atoms with Crippen LogP contribution in [-0.2, 0) is 4.74 Å². The number of nitrogens with two attached hydrogens (primary N) is 1. The molecule has 0 spiro atoms. The Hall–Kier alpha value is -2.56. The monoisotopic (exact) mass is 284 g/mol. The van der Waals surface area contributed by atoms with Gasteiger partial charge < -0.3 is 15.4 Å². The smallest absolute Gasteiger partial charge is 0.144 e. The van der Waals surface area contributed by atoms with Gasteiger partial charge in [0.1, 0.15) is 5.76 Å². The average molecular weight is 284 g/mol. The van der Waals surface area contributed by atoms with Gasteiger partial charge in [-0.3, -0.25) is 5.41 Å². The minimum atomic E-state index is 0.281. The summed E-state index contributed by atoms with van der Waals surface area (Å²) >= 11 is 0. The maximum Gasteiger partial charge on any atom is 0.144 e. The zero-order chi connectivity index (χ0) is 15.4. The van der Waals surface area contributed by atoms with Crippen LogP contribution in [0.2, 0.25) is 0 Å². The Kier molecular flexibility index (Phi) is 4.42. The van der Waals surface area contributed by atoms with E-state index >= 15 is 0 Å². The van der Waals surface area contributed by atoms with E-state index in [9.17, 15) is 0 Å². The molecule has 3 N–H and O–H groups in total. The summed E-state index contributed by atoms with van der Waals surface area (Å²) in [6.45, 7) is 3.05. The molecular formula is C16H20N4O. The normalized spacial score (nSPS) is 16.5. The highest BCUT2D eigenvalue weighted by atomic mass is 16.5. The van der Waals surface area contributed by atoms with Gasteiger partial charge in [0.05, 0.1) is 29.9 Å². The van der Waals surface area contributed by atoms with E-state index in [4.69, 9.17) is 15.9 Å². The maximum absolute atomic E-state index is 7.94. The second-order valence-electron chi connectivity index (χ2n) is 4.75. The Morgan fingerprint density at radius 2 is 1.90 bits per heavy atom. The van der Waals surface area contributed by atoms with Gasteiger partial charge in [-0.25, -0.2) is 4.99 Å². The van der Waals surface area contributed by atoms with E-state index in [2.05, 4.69) is 16.8 Å². The van der Waals surface area contributed by atoms with E-state index in [-0.39, 0.29) is 5.71 Å². The molecule has 0 fully saturated rings. The number of allylic oxidation sites excluding steroid dienone is 2. The largest absolute Gasteiger partial charge is 0.495 e. The molecule has 21 heavy (non-hydrogen) atoms. The Morgan fingerprint density at radius 1 is 1.24 bits per heavy atom. The van der Waals surface area contributed by atoms with Crippen LogP contribution in [0.25, 0.3) is 0 Å². The summed E-state index contributed by atoms with van der Waals surface area (Å²) in [5.41, 5.74) is 8.97. The lowest BCUT2D eigenvalue weighted by Gasteiger charge is -2.16. The fourth-order valence-electron chi connectivity index (χ4n) is 1.96. The number of anilines is 1. The quantitative estimate of drug-likeness (QED) is 0.835. The summed E-state index contributed by atoms with van der Waals surface area (Å²) in [5, 5.41) is 7.94. The van der Waals surface area contributed by atoms with Gasteiger partial charge in [0, 0.05) is 25.4 Å². The number of ether oxygens (including phenoxy) is 1. The summed E-state index contributed by atoms with van der Waals surface area (Å²) in [5.74, 6) is 0.534. The van der Waals surface area contributed by atoms with Crippen molar-refractivity contribution in [2.45, 2.75) is 6.92 Å². The number of benzene rings is 1. The Labute approximate surface area is 124 Å². The van der Waals surface area contributed by atoms with Gasteiger partial charge in [-0.15, -0.1) is 0 Å². The summed E-state index contributed by atoms with van der Waals surface area (Å²) in [6.07, 6.45) is 3.24. The van der Waals surface area contributed by atoms with Crippen LogP contribution in [0.15, 0.2) is 52.9 Å². The van der Waals surface area contributed by atoms with E-state index in [1.165, 1.54) is 0 Å². The van der Waals surface area contributed by atoms with E-state index in [0.29, 0.717) is 17.2 Å². The zero-order valence-corrected chi connectivity index (χ0v) is 12.6. The molecular weight excluding hydrogens is 264 g/mol. The van der Waals surface area contributed by atoms with Crippen molar-refractivity contribution in [2.24, 2.45) is 10.7 Å². The number of hydrogen-bond acceptors (Lipinski definition) is 5. The molecule has 0 saturated heterocycles. The molecule has 1 aromatic rings. The zero-order valence-electron chi connectivity index (χ0n) is 12.6. The van der Waals surface area contributed by atoms with Gasteiger partial charge in [0.2, 0.25) is 0 Å². The molecule has 2 rings (SSSR count). The molecule has 0 atom stereocenters. The van der Waals surface area contributed by atoms with Crippen molar-refractivity contribution in [3.63, 3.8) is 0 Å². The molecule has 0 aliphatic heterocycles. The predicted octanol–water partition coefficient (Wildman–Crippen LogP) is 2.62. The van der Waals surface area contributed by atoms with Crippen LogP contribution in [0, 0.1) is 5.41 Å². The van der Waals surface area contributed by atoms with Gasteiger partial charge in [0.15, 0.2) is 0 Å². The molecule has 0 radical (unpaired) electrons. The Balaban J connectivity index is 2.27. The third-order valence-corrected chi connectivity index (χ3v) is 3.36. The van der Waals surface area contributed by atoms with Crippen LogP contribution in [0.5, 0.6) is 0 Å². The van der Waals surface area contributed by atoms with Crippen LogP contribution in [0.3, 0.4) is 0 Å². The first-order valence-corrected chi connectivity index (χ1v) is 6.77. The molecule has 5 heteroatoms. The minimum Gasteiger partial charge on any atom is -0.495 e. The number of nitrogens with one attached hydrogen (secondary N) is 1. The fourth-order valence-corrected chi connectivity index (χ4v) is 1.96. The molecule has 1 aliphatic rings. The molecule has 110 valence electrons. The third kappa shape index (κ3) is 3.31.